The summed E-state index contributed by atoms with van der Waals surface area (Å²) in [5.41, 5.74) is 4.47. The van der Waals surface area contributed by atoms with E-state index in [1.807, 2.05) is 24.4 Å². The molecule has 2 aromatic carbocycles. The number of hydrogen-bond donors (Lipinski definition) is 0. The topological polar surface area (TPSA) is 47.1 Å². The van der Waals surface area contributed by atoms with E-state index >= 15 is 0 Å². The van der Waals surface area contributed by atoms with E-state index in [4.69, 9.17) is 14.2 Å². The van der Waals surface area contributed by atoms with Crippen molar-refractivity contribution in [1.29, 1.82) is 0 Å². The van der Waals surface area contributed by atoms with Gasteiger partial charge in [0.25, 0.3) is 0 Å². The van der Waals surface area contributed by atoms with Gasteiger partial charge in [-0.3, -0.25) is 4.98 Å². The lowest BCUT2D eigenvalue weighted by atomic mass is 10.1. The zero-order valence-corrected chi connectivity index (χ0v) is 19.7. The molecule has 0 amide bonds. The van der Waals surface area contributed by atoms with Crippen molar-refractivity contribution in [2.75, 3.05) is 36.6 Å². The summed E-state index contributed by atoms with van der Waals surface area (Å²) >= 11 is 0. The van der Waals surface area contributed by atoms with Gasteiger partial charge in [0.15, 0.2) is 17.8 Å². The van der Waals surface area contributed by atoms with E-state index < -0.39 is 0 Å². The smallest absolute Gasteiger partial charge is 0.200 e. The minimum Gasteiger partial charge on any atom is -0.493 e. The Kier molecular flexibility index (Phi) is 7.68. The number of nitrogens with zero attached hydrogens (tertiary/aromatic N) is 3. The standard InChI is InChI=1S/C27H33N3O3/c1-4-29(5-2)22-10-12-23(13-11-22)30(20-21-8-6-16-28-19-21)24-14-15-25(31-3)26(18-24)33-27-9-7-17-32-27/h6,8,10-16,18-19,27H,4-5,7,9,17,20H2,1-3H3. The molecule has 4 rings (SSSR count). The van der Waals surface area contributed by atoms with E-state index in [1.54, 1.807) is 13.3 Å². The monoisotopic (exact) mass is 447 g/mol. The molecule has 6 nitrogen and oxygen atoms in total. The molecule has 1 aromatic heterocycles. The molecule has 1 aliphatic rings. The van der Waals surface area contributed by atoms with Crippen molar-refractivity contribution in [3.05, 3.63) is 72.6 Å². The van der Waals surface area contributed by atoms with Gasteiger partial charge in [0.05, 0.1) is 13.7 Å². The van der Waals surface area contributed by atoms with E-state index in [0.717, 1.165) is 49.5 Å². The minimum atomic E-state index is -0.228. The average Bonchev–Trinajstić information content (AvgIpc) is 3.38. The molecule has 33 heavy (non-hydrogen) atoms. The molecule has 0 spiro atoms. The largest absolute Gasteiger partial charge is 0.493 e. The molecule has 0 radical (unpaired) electrons. The number of anilines is 3. The third-order valence-electron chi connectivity index (χ3n) is 5.96. The van der Waals surface area contributed by atoms with Crippen LogP contribution in [0, 0.1) is 0 Å². The molecule has 1 unspecified atom stereocenters. The van der Waals surface area contributed by atoms with Gasteiger partial charge in [-0.15, -0.1) is 0 Å². The van der Waals surface area contributed by atoms with Gasteiger partial charge in [0.1, 0.15) is 0 Å². The number of methoxy groups -OCH3 is 1. The van der Waals surface area contributed by atoms with Crippen molar-refractivity contribution < 1.29 is 14.2 Å². The molecule has 1 aliphatic heterocycles. The van der Waals surface area contributed by atoms with Crippen molar-refractivity contribution in [2.45, 2.75) is 39.5 Å². The summed E-state index contributed by atoms with van der Waals surface area (Å²) in [5.74, 6) is 1.39. The van der Waals surface area contributed by atoms with Gasteiger partial charge < -0.3 is 24.0 Å². The first-order valence-corrected chi connectivity index (χ1v) is 11.7. The Morgan fingerprint density at radius 2 is 1.73 bits per heavy atom. The second-order valence-electron chi connectivity index (χ2n) is 8.03. The number of aromatic nitrogens is 1. The van der Waals surface area contributed by atoms with Crippen LogP contribution in [0.25, 0.3) is 0 Å². The first-order chi connectivity index (χ1) is 16.2. The van der Waals surface area contributed by atoms with Crippen molar-refractivity contribution in [3.63, 3.8) is 0 Å². The molecular formula is C27H33N3O3. The molecule has 1 atom stereocenters. The Balaban J connectivity index is 1.68. The highest BCUT2D eigenvalue weighted by Crippen LogP contribution is 2.37. The predicted octanol–water partition coefficient (Wildman–Crippen LogP) is 5.79. The van der Waals surface area contributed by atoms with Gasteiger partial charge in [-0.05, 0) is 68.3 Å². The van der Waals surface area contributed by atoms with Crippen molar-refractivity contribution >= 4 is 17.1 Å². The molecule has 0 N–H and O–H groups in total. The van der Waals surface area contributed by atoms with E-state index in [-0.39, 0.29) is 6.29 Å². The Morgan fingerprint density at radius 1 is 0.970 bits per heavy atom. The lowest BCUT2D eigenvalue weighted by molar-refractivity contribution is -0.0402. The second kappa shape index (κ2) is 11.1. The number of rotatable bonds is 10. The maximum atomic E-state index is 6.16. The summed E-state index contributed by atoms with van der Waals surface area (Å²) in [7, 11) is 1.66. The summed E-state index contributed by atoms with van der Waals surface area (Å²) in [4.78, 5) is 8.92. The average molecular weight is 448 g/mol. The minimum absolute atomic E-state index is 0.228. The van der Waals surface area contributed by atoms with E-state index in [1.165, 1.54) is 5.69 Å². The summed E-state index contributed by atoms with van der Waals surface area (Å²) in [5, 5.41) is 0. The van der Waals surface area contributed by atoms with E-state index in [0.29, 0.717) is 18.0 Å². The van der Waals surface area contributed by atoms with Gasteiger partial charge in [-0.1, -0.05) is 6.07 Å². The van der Waals surface area contributed by atoms with Crippen LogP contribution in [-0.4, -0.2) is 38.1 Å². The first-order valence-electron chi connectivity index (χ1n) is 11.7. The lowest BCUT2D eigenvalue weighted by Gasteiger charge is -2.28. The SMILES string of the molecule is CCN(CC)c1ccc(N(Cc2cccnc2)c2ccc(OC)c(OC3CCCO3)c2)cc1. The Labute approximate surface area is 196 Å². The highest BCUT2D eigenvalue weighted by atomic mass is 16.7. The van der Waals surface area contributed by atoms with Gasteiger partial charge in [-0.25, -0.2) is 0 Å². The zero-order valence-electron chi connectivity index (χ0n) is 19.7. The zero-order chi connectivity index (χ0) is 23.0. The maximum Gasteiger partial charge on any atom is 0.200 e. The van der Waals surface area contributed by atoms with Crippen molar-refractivity contribution in [3.8, 4) is 11.5 Å². The molecule has 0 saturated carbocycles. The number of pyridine rings is 1. The molecular weight excluding hydrogens is 414 g/mol. The molecule has 1 fully saturated rings. The summed E-state index contributed by atoms with van der Waals surface area (Å²) < 4.78 is 17.4. The molecule has 0 bridgehead atoms. The van der Waals surface area contributed by atoms with E-state index in [2.05, 4.69) is 65.0 Å². The summed E-state index contributed by atoms with van der Waals surface area (Å²) in [6, 6.07) is 18.8. The molecule has 0 aliphatic carbocycles. The highest BCUT2D eigenvalue weighted by molar-refractivity contribution is 5.68. The van der Waals surface area contributed by atoms with Crippen molar-refractivity contribution in [2.24, 2.45) is 0 Å². The number of benzene rings is 2. The normalized spacial score (nSPS) is 15.3. The third-order valence-corrected chi connectivity index (χ3v) is 5.96. The van der Waals surface area contributed by atoms with Crippen LogP contribution in [0.2, 0.25) is 0 Å². The fourth-order valence-electron chi connectivity index (χ4n) is 4.15. The number of hydrogen-bond acceptors (Lipinski definition) is 6. The third kappa shape index (κ3) is 5.57. The van der Waals surface area contributed by atoms with Crippen LogP contribution < -0.4 is 19.3 Å². The van der Waals surface area contributed by atoms with Gasteiger partial charge in [-0.2, -0.15) is 0 Å². The van der Waals surface area contributed by atoms with Crippen LogP contribution in [0.3, 0.4) is 0 Å². The number of ether oxygens (including phenoxy) is 3. The molecule has 1 saturated heterocycles. The summed E-state index contributed by atoms with van der Waals surface area (Å²) in [6.45, 7) is 7.75. The first kappa shape index (κ1) is 22.9. The quantitative estimate of drug-likeness (QED) is 0.392. The van der Waals surface area contributed by atoms with Crippen LogP contribution in [0.5, 0.6) is 11.5 Å². The molecule has 2 heterocycles. The molecule has 6 heteroatoms. The van der Waals surface area contributed by atoms with Crippen LogP contribution in [0.15, 0.2) is 67.0 Å². The fraction of sp³-hybridized carbons (Fsp3) is 0.370. The Hall–Kier alpha value is -3.25. The van der Waals surface area contributed by atoms with Crippen LogP contribution in [-0.2, 0) is 11.3 Å². The van der Waals surface area contributed by atoms with Crippen molar-refractivity contribution in [1.82, 2.24) is 4.98 Å². The Bertz CT molecular complexity index is 1000. The molecule has 174 valence electrons. The highest BCUT2D eigenvalue weighted by Gasteiger charge is 2.21. The predicted molar refractivity (Wildman–Crippen MR) is 133 cm³/mol. The Morgan fingerprint density at radius 3 is 2.36 bits per heavy atom. The van der Waals surface area contributed by atoms with Gasteiger partial charge in [0, 0.05) is 61.6 Å². The van der Waals surface area contributed by atoms with Gasteiger partial charge >= 0.3 is 0 Å². The van der Waals surface area contributed by atoms with Crippen LogP contribution in [0.1, 0.15) is 32.3 Å². The fourth-order valence-corrected chi connectivity index (χ4v) is 4.15. The second-order valence-corrected chi connectivity index (χ2v) is 8.03. The van der Waals surface area contributed by atoms with E-state index in [9.17, 15) is 0 Å². The van der Waals surface area contributed by atoms with Crippen LogP contribution in [0.4, 0.5) is 17.1 Å². The van der Waals surface area contributed by atoms with Gasteiger partial charge in [0.2, 0.25) is 0 Å². The maximum absolute atomic E-state index is 6.16. The van der Waals surface area contributed by atoms with Crippen LogP contribution >= 0.6 is 0 Å². The molecule has 3 aromatic rings. The summed E-state index contributed by atoms with van der Waals surface area (Å²) in [6.07, 6.45) is 5.38. The lowest BCUT2D eigenvalue weighted by Crippen LogP contribution is -2.22.